The molecule has 3 heteroatoms. The number of hydrogen-bond acceptors (Lipinski definition) is 3. The topological polar surface area (TPSA) is 52.3 Å². The highest BCUT2D eigenvalue weighted by Crippen LogP contribution is 1.86. The number of carbonyl (C=O) groups excluding carboxylic acids is 1. The number of carbonyl (C=O) groups is 1. The fourth-order valence-electron chi connectivity index (χ4n) is 0.276. The van der Waals surface area contributed by atoms with Gasteiger partial charge in [0.05, 0.1) is 7.11 Å². The van der Waals surface area contributed by atoms with Crippen molar-refractivity contribution >= 4 is 5.97 Å². The zero-order valence-corrected chi connectivity index (χ0v) is 4.81. The number of methoxy groups -OCH3 is 1. The highest BCUT2D eigenvalue weighted by molar-refractivity contribution is 5.68. The van der Waals surface area contributed by atoms with Gasteiger partial charge in [-0.05, 0) is 12.9 Å². The van der Waals surface area contributed by atoms with Gasteiger partial charge in [0.2, 0.25) is 0 Å². The van der Waals surface area contributed by atoms with Crippen LogP contribution >= 0.6 is 0 Å². The average molecular weight is 119 g/mol. The summed E-state index contributed by atoms with van der Waals surface area (Å²) in [7, 11) is 1.26. The number of esters is 1. The van der Waals surface area contributed by atoms with Gasteiger partial charge < -0.3 is 10.5 Å². The van der Waals surface area contributed by atoms with E-state index in [2.05, 4.69) is 4.74 Å². The Bertz CT molecular complexity index is 121. The Labute approximate surface area is 51.6 Å². The van der Waals surface area contributed by atoms with E-state index in [0.29, 0.717) is 0 Å². The van der Waals surface area contributed by atoms with Crippen molar-refractivity contribution in [3.8, 4) is 0 Å². The van der Waals surface area contributed by atoms with Gasteiger partial charge in [-0.15, -0.1) is 0 Å². The van der Waals surface area contributed by atoms with Crippen LogP contribution in [0.1, 0.15) is 15.6 Å². The predicted octanol–water partition coefficient (Wildman–Crippen LogP) is -0.102. The summed E-state index contributed by atoms with van der Waals surface area (Å²) in [6.07, 6.45) is 0.0275. The SMILES string of the molecule is [2H]C([2H])(N)CCC(=O)OC. The summed E-state index contributed by atoms with van der Waals surface area (Å²) in [5.74, 6) is -0.436. The largest absolute Gasteiger partial charge is 0.469 e. The van der Waals surface area contributed by atoms with E-state index < -0.39 is 12.5 Å². The first kappa shape index (κ1) is 4.32. The molecule has 0 bridgehead atoms. The van der Waals surface area contributed by atoms with Gasteiger partial charge in [-0.3, -0.25) is 4.79 Å². The Hall–Kier alpha value is -0.570. The molecule has 0 aromatic heterocycles. The summed E-state index contributed by atoms with van der Waals surface area (Å²) in [4.78, 5) is 10.4. The Kier molecular flexibility index (Phi) is 2.48. The van der Waals surface area contributed by atoms with E-state index in [-0.39, 0.29) is 12.8 Å². The third kappa shape index (κ3) is 3.61. The molecule has 48 valence electrons. The van der Waals surface area contributed by atoms with Crippen LogP contribution in [0.4, 0.5) is 0 Å². The van der Waals surface area contributed by atoms with Gasteiger partial charge in [0, 0.05) is 9.16 Å². The highest BCUT2D eigenvalue weighted by atomic mass is 16.5. The molecule has 0 heterocycles. The standard InChI is InChI=1S/C5H11NO2/c1-8-5(7)3-2-4-6/h2-4,6H2,1H3/i4D2. The molecule has 0 aliphatic carbocycles. The molecule has 0 aliphatic heterocycles. The van der Waals surface area contributed by atoms with Crippen LogP contribution < -0.4 is 5.73 Å². The molecule has 0 radical (unpaired) electrons. The number of ether oxygens (including phenoxy) is 1. The Morgan fingerprint density at radius 2 is 2.62 bits per heavy atom. The molecule has 0 atom stereocenters. The summed E-state index contributed by atoms with van der Waals surface area (Å²) in [6.45, 7) is -1.77. The Morgan fingerprint density at radius 1 is 2.00 bits per heavy atom. The number of rotatable bonds is 3. The minimum atomic E-state index is -1.77. The molecule has 0 spiro atoms. The van der Waals surface area contributed by atoms with Crippen molar-refractivity contribution in [2.24, 2.45) is 5.73 Å². The summed E-state index contributed by atoms with van der Waals surface area (Å²) in [5.41, 5.74) is 4.96. The lowest BCUT2D eigenvalue weighted by Crippen LogP contribution is -2.05. The van der Waals surface area contributed by atoms with Crippen LogP contribution in [0.15, 0.2) is 0 Å². The van der Waals surface area contributed by atoms with Crippen LogP contribution in [-0.2, 0) is 9.53 Å². The van der Waals surface area contributed by atoms with Gasteiger partial charge in [0.15, 0.2) is 0 Å². The van der Waals surface area contributed by atoms with Crippen molar-refractivity contribution in [3.05, 3.63) is 0 Å². The third-order valence-electron chi connectivity index (χ3n) is 0.701. The lowest BCUT2D eigenvalue weighted by molar-refractivity contribution is -0.140. The molecule has 0 aromatic carbocycles. The van der Waals surface area contributed by atoms with E-state index in [1.807, 2.05) is 0 Å². The van der Waals surface area contributed by atoms with E-state index in [1.165, 1.54) is 7.11 Å². The highest BCUT2D eigenvalue weighted by Gasteiger charge is 1.95. The molecule has 0 rings (SSSR count). The van der Waals surface area contributed by atoms with Gasteiger partial charge in [0.25, 0.3) is 0 Å². The fourth-order valence-corrected chi connectivity index (χ4v) is 0.276. The normalized spacial score (nSPS) is 14.2. The molecular weight excluding hydrogens is 106 g/mol. The van der Waals surface area contributed by atoms with E-state index >= 15 is 0 Å². The summed E-state index contributed by atoms with van der Waals surface area (Å²) < 4.78 is 18.0. The lowest BCUT2D eigenvalue weighted by atomic mass is 10.3. The molecular formula is C5H11NO2. The molecule has 3 nitrogen and oxygen atoms in total. The molecule has 2 N–H and O–H groups in total. The minimum Gasteiger partial charge on any atom is -0.469 e. The summed E-state index contributed by atoms with van der Waals surface area (Å²) in [5, 5.41) is 0. The Morgan fingerprint density at radius 3 is 3.00 bits per heavy atom. The van der Waals surface area contributed by atoms with Crippen LogP contribution in [0.3, 0.4) is 0 Å². The Balaban J connectivity index is 3.46. The van der Waals surface area contributed by atoms with Crippen molar-refractivity contribution in [1.82, 2.24) is 0 Å². The molecule has 0 unspecified atom stereocenters. The zero-order valence-electron chi connectivity index (χ0n) is 6.81. The zero-order chi connectivity index (χ0) is 8.20. The smallest absolute Gasteiger partial charge is 0.305 e. The maximum absolute atomic E-state index is 10.4. The first-order valence-corrected chi connectivity index (χ1v) is 2.31. The molecule has 8 heavy (non-hydrogen) atoms. The van der Waals surface area contributed by atoms with Crippen LogP contribution in [0.5, 0.6) is 0 Å². The average Bonchev–Trinajstić information content (AvgIpc) is 1.81. The molecule has 0 aromatic rings. The van der Waals surface area contributed by atoms with Crippen LogP contribution in [0.2, 0.25) is 0 Å². The second-order valence-corrected chi connectivity index (χ2v) is 1.28. The second kappa shape index (κ2) is 4.59. The predicted molar refractivity (Wildman–Crippen MR) is 30.3 cm³/mol. The molecule has 0 saturated heterocycles. The van der Waals surface area contributed by atoms with Gasteiger partial charge in [-0.25, -0.2) is 0 Å². The van der Waals surface area contributed by atoms with E-state index in [0.717, 1.165) is 0 Å². The lowest BCUT2D eigenvalue weighted by Gasteiger charge is -1.93. The maximum atomic E-state index is 10.4. The van der Waals surface area contributed by atoms with Gasteiger partial charge in [0.1, 0.15) is 0 Å². The minimum absolute atomic E-state index is 0.000324. The van der Waals surface area contributed by atoms with Gasteiger partial charge >= 0.3 is 5.97 Å². The van der Waals surface area contributed by atoms with Crippen molar-refractivity contribution in [1.29, 1.82) is 0 Å². The number of nitrogens with two attached hydrogens (primary N) is 1. The van der Waals surface area contributed by atoms with Gasteiger partial charge in [-0.2, -0.15) is 0 Å². The first-order valence-electron chi connectivity index (χ1n) is 3.31. The quantitative estimate of drug-likeness (QED) is 0.528. The summed E-state index contributed by atoms with van der Waals surface area (Å²) >= 11 is 0. The van der Waals surface area contributed by atoms with E-state index in [9.17, 15) is 4.79 Å². The second-order valence-electron chi connectivity index (χ2n) is 1.28. The number of hydrogen-bond donors (Lipinski definition) is 1. The van der Waals surface area contributed by atoms with Crippen LogP contribution in [0.25, 0.3) is 0 Å². The van der Waals surface area contributed by atoms with Crippen molar-refractivity contribution in [3.63, 3.8) is 0 Å². The van der Waals surface area contributed by atoms with E-state index in [1.54, 1.807) is 0 Å². The molecule has 0 fully saturated rings. The molecule has 0 amide bonds. The van der Waals surface area contributed by atoms with E-state index in [4.69, 9.17) is 8.48 Å². The molecule has 0 aliphatic rings. The monoisotopic (exact) mass is 119 g/mol. The third-order valence-corrected chi connectivity index (χ3v) is 0.701. The van der Waals surface area contributed by atoms with Crippen LogP contribution in [0, 0.1) is 0 Å². The first-order chi connectivity index (χ1) is 4.45. The van der Waals surface area contributed by atoms with Crippen molar-refractivity contribution < 1.29 is 12.3 Å². The summed E-state index contributed by atoms with van der Waals surface area (Å²) in [6, 6.07) is 0. The van der Waals surface area contributed by atoms with Crippen molar-refractivity contribution in [2.45, 2.75) is 12.8 Å². The van der Waals surface area contributed by atoms with Gasteiger partial charge in [-0.1, -0.05) is 0 Å². The molecule has 0 saturated carbocycles. The van der Waals surface area contributed by atoms with Crippen molar-refractivity contribution in [2.75, 3.05) is 13.6 Å². The fraction of sp³-hybridized carbons (Fsp3) is 0.800. The maximum Gasteiger partial charge on any atom is 0.305 e. The van der Waals surface area contributed by atoms with Crippen LogP contribution in [-0.4, -0.2) is 19.6 Å².